The number of furan rings is 1. The van der Waals surface area contributed by atoms with Crippen molar-refractivity contribution in [3.05, 3.63) is 57.4 Å². The van der Waals surface area contributed by atoms with Gasteiger partial charge in [-0.25, -0.2) is 0 Å². The lowest BCUT2D eigenvalue weighted by molar-refractivity contribution is 0.447. The monoisotopic (exact) mass is 299 g/mol. The number of hydrogen-bond donors (Lipinski definition) is 1. The van der Waals surface area contributed by atoms with Crippen LogP contribution in [-0.4, -0.2) is 7.05 Å². The second-order valence-electron chi connectivity index (χ2n) is 3.42. The number of nitrogens with one attached hydrogen (secondary N) is 1. The van der Waals surface area contributed by atoms with Crippen LogP contribution in [0.3, 0.4) is 0 Å². The van der Waals surface area contributed by atoms with Gasteiger partial charge in [0, 0.05) is 5.02 Å². The summed E-state index contributed by atoms with van der Waals surface area (Å²) in [5.41, 5.74) is 1.12. The van der Waals surface area contributed by atoms with E-state index in [2.05, 4.69) is 21.2 Å². The molecular formula is C12H11BrClNO. The molecule has 0 fully saturated rings. The van der Waals surface area contributed by atoms with Crippen molar-refractivity contribution < 1.29 is 4.42 Å². The normalized spacial score (nSPS) is 12.7. The number of benzene rings is 1. The molecule has 0 amide bonds. The van der Waals surface area contributed by atoms with Crippen molar-refractivity contribution >= 4 is 27.5 Å². The van der Waals surface area contributed by atoms with Crippen LogP contribution in [0.15, 0.2) is 45.5 Å². The molecule has 1 aromatic heterocycles. The van der Waals surface area contributed by atoms with Gasteiger partial charge < -0.3 is 9.73 Å². The Kier molecular flexibility index (Phi) is 3.69. The summed E-state index contributed by atoms with van der Waals surface area (Å²) in [5, 5.41) is 3.95. The molecule has 0 bridgehead atoms. The van der Waals surface area contributed by atoms with Crippen molar-refractivity contribution in [1.29, 1.82) is 0 Å². The highest BCUT2D eigenvalue weighted by Gasteiger charge is 2.15. The van der Waals surface area contributed by atoms with E-state index < -0.39 is 0 Å². The van der Waals surface area contributed by atoms with E-state index in [1.54, 1.807) is 0 Å². The smallest absolute Gasteiger partial charge is 0.169 e. The molecule has 0 saturated heterocycles. The first-order valence-electron chi connectivity index (χ1n) is 4.88. The molecule has 2 rings (SSSR count). The zero-order valence-corrected chi connectivity index (χ0v) is 11.0. The predicted molar refractivity (Wildman–Crippen MR) is 68.8 cm³/mol. The molecule has 4 heteroatoms. The summed E-state index contributed by atoms with van der Waals surface area (Å²) in [6, 6.07) is 11.6. The van der Waals surface area contributed by atoms with Gasteiger partial charge in [0.25, 0.3) is 0 Å². The van der Waals surface area contributed by atoms with E-state index in [0.717, 1.165) is 21.0 Å². The number of hydrogen-bond acceptors (Lipinski definition) is 2. The Morgan fingerprint density at radius 2 is 1.88 bits per heavy atom. The fraction of sp³-hybridized carbons (Fsp3) is 0.167. The van der Waals surface area contributed by atoms with Crippen LogP contribution in [0.2, 0.25) is 5.02 Å². The molecule has 1 N–H and O–H groups in total. The highest BCUT2D eigenvalue weighted by Crippen LogP contribution is 2.26. The molecule has 16 heavy (non-hydrogen) atoms. The van der Waals surface area contributed by atoms with Gasteiger partial charge in [-0.1, -0.05) is 23.7 Å². The molecule has 2 aromatic rings. The zero-order valence-electron chi connectivity index (χ0n) is 8.71. The fourth-order valence-electron chi connectivity index (χ4n) is 1.61. The molecule has 2 nitrogen and oxygen atoms in total. The Morgan fingerprint density at radius 1 is 1.19 bits per heavy atom. The van der Waals surface area contributed by atoms with Gasteiger partial charge in [0.1, 0.15) is 5.76 Å². The van der Waals surface area contributed by atoms with E-state index >= 15 is 0 Å². The third kappa shape index (κ3) is 2.48. The second-order valence-corrected chi connectivity index (χ2v) is 4.63. The summed E-state index contributed by atoms with van der Waals surface area (Å²) in [5.74, 6) is 0.872. The van der Waals surface area contributed by atoms with Gasteiger partial charge in [0.15, 0.2) is 4.67 Å². The van der Waals surface area contributed by atoms with Gasteiger partial charge >= 0.3 is 0 Å². The summed E-state index contributed by atoms with van der Waals surface area (Å²) in [4.78, 5) is 0. The lowest BCUT2D eigenvalue weighted by Crippen LogP contribution is -2.16. The minimum atomic E-state index is 0.0450. The topological polar surface area (TPSA) is 25.2 Å². The molecule has 1 atom stereocenters. The van der Waals surface area contributed by atoms with Crippen molar-refractivity contribution in [2.45, 2.75) is 6.04 Å². The van der Waals surface area contributed by atoms with Gasteiger partial charge in [-0.2, -0.15) is 0 Å². The maximum Gasteiger partial charge on any atom is 0.169 e. The molecule has 0 aliphatic heterocycles. The van der Waals surface area contributed by atoms with Gasteiger partial charge in [0.05, 0.1) is 6.04 Å². The molecule has 0 saturated carbocycles. The predicted octanol–water partition coefficient (Wildman–Crippen LogP) is 4.00. The quantitative estimate of drug-likeness (QED) is 0.926. The van der Waals surface area contributed by atoms with Crippen molar-refractivity contribution in [2.75, 3.05) is 7.05 Å². The Balaban J connectivity index is 2.32. The summed E-state index contributed by atoms with van der Waals surface area (Å²) < 4.78 is 6.28. The molecule has 0 aliphatic rings. The van der Waals surface area contributed by atoms with Crippen LogP contribution in [0, 0.1) is 0 Å². The van der Waals surface area contributed by atoms with Crippen molar-refractivity contribution in [1.82, 2.24) is 5.32 Å². The van der Waals surface area contributed by atoms with E-state index in [1.165, 1.54) is 0 Å². The molecule has 1 aromatic carbocycles. The zero-order chi connectivity index (χ0) is 11.5. The number of rotatable bonds is 3. The van der Waals surface area contributed by atoms with Gasteiger partial charge in [-0.3, -0.25) is 0 Å². The van der Waals surface area contributed by atoms with Crippen LogP contribution in [0.25, 0.3) is 0 Å². The standard InChI is InChI=1S/C12H11BrClNO/c1-15-12(10-6-7-11(13)16-10)8-2-4-9(14)5-3-8/h2-7,12,15H,1H3. The largest absolute Gasteiger partial charge is 0.452 e. The van der Waals surface area contributed by atoms with Gasteiger partial charge in [-0.15, -0.1) is 0 Å². The van der Waals surface area contributed by atoms with Gasteiger partial charge in [0.2, 0.25) is 0 Å². The first-order valence-corrected chi connectivity index (χ1v) is 6.06. The Hall–Kier alpha value is -0.770. The highest BCUT2D eigenvalue weighted by atomic mass is 79.9. The van der Waals surface area contributed by atoms with Crippen LogP contribution >= 0.6 is 27.5 Å². The molecule has 0 aliphatic carbocycles. The SMILES string of the molecule is CNC(c1ccc(Cl)cc1)c1ccc(Br)o1. The van der Waals surface area contributed by atoms with Gasteiger partial charge in [-0.05, 0) is 52.8 Å². The lowest BCUT2D eigenvalue weighted by atomic mass is 10.1. The van der Waals surface area contributed by atoms with E-state index in [-0.39, 0.29) is 6.04 Å². The molecule has 84 valence electrons. The summed E-state index contributed by atoms with van der Waals surface area (Å²) in [6.45, 7) is 0. The molecule has 0 spiro atoms. The lowest BCUT2D eigenvalue weighted by Gasteiger charge is -2.13. The summed E-state index contributed by atoms with van der Waals surface area (Å²) >= 11 is 9.16. The Labute approximate surface area is 108 Å². The fourth-order valence-corrected chi connectivity index (χ4v) is 2.06. The van der Waals surface area contributed by atoms with Crippen molar-refractivity contribution in [3.63, 3.8) is 0 Å². The van der Waals surface area contributed by atoms with Crippen LogP contribution < -0.4 is 5.32 Å². The summed E-state index contributed by atoms with van der Waals surface area (Å²) in [6.07, 6.45) is 0. The van der Waals surface area contributed by atoms with Crippen LogP contribution in [-0.2, 0) is 0 Å². The minimum Gasteiger partial charge on any atom is -0.452 e. The number of halogens is 2. The summed E-state index contributed by atoms with van der Waals surface area (Å²) in [7, 11) is 1.90. The Bertz CT molecular complexity index is 466. The average molecular weight is 301 g/mol. The first-order chi connectivity index (χ1) is 7.70. The third-order valence-corrected chi connectivity index (χ3v) is 3.05. The first kappa shape index (κ1) is 11.7. The third-order valence-electron chi connectivity index (χ3n) is 2.37. The maximum atomic E-state index is 5.86. The van der Waals surface area contributed by atoms with E-state index in [4.69, 9.17) is 16.0 Å². The van der Waals surface area contributed by atoms with Crippen molar-refractivity contribution in [2.24, 2.45) is 0 Å². The highest BCUT2D eigenvalue weighted by molar-refractivity contribution is 9.10. The van der Waals surface area contributed by atoms with Crippen LogP contribution in [0.5, 0.6) is 0 Å². The van der Waals surface area contributed by atoms with Crippen LogP contribution in [0.1, 0.15) is 17.4 Å². The molecule has 1 heterocycles. The van der Waals surface area contributed by atoms with E-state index in [9.17, 15) is 0 Å². The van der Waals surface area contributed by atoms with Crippen molar-refractivity contribution in [3.8, 4) is 0 Å². The Morgan fingerprint density at radius 3 is 2.38 bits per heavy atom. The van der Waals surface area contributed by atoms with Crippen LogP contribution in [0.4, 0.5) is 0 Å². The minimum absolute atomic E-state index is 0.0450. The molecular weight excluding hydrogens is 289 g/mol. The molecule has 0 radical (unpaired) electrons. The second kappa shape index (κ2) is 5.04. The van der Waals surface area contributed by atoms with E-state index in [1.807, 2.05) is 43.4 Å². The van der Waals surface area contributed by atoms with E-state index in [0.29, 0.717) is 0 Å². The molecule has 1 unspecified atom stereocenters. The maximum absolute atomic E-state index is 5.86. The average Bonchev–Trinajstić information content (AvgIpc) is 2.69.